The van der Waals surface area contributed by atoms with Gasteiger partial charge in [0.05, 0.1) is 6.33 Å². The molecule has 5 heteroatoms. The molecular formula is C13H11N5. The summed E-state index contributed by atoms with van der Waals surface area (Å²) in [6.45, 7) is 1.78. The number of rotatable bonds is 1. The van der Waals surface area contributed by atoms with Gasteiger partial charge in [-0.2, -0.15) is 0 Å². The Bertz CT molecular complexity index is 693. The number of anilines is 1. The van der Waals surface area contributed by atoms with Gasteiger partial charge < -0.3 is 9.88 Å². The maximum absolute atomic E-state index is 4.39. The number of hydrogen-bond donors (Lipinski definition) is 1. The van der Waals surface area contributed by atoms with E-state index < -0.39 is 0 Å². The van der Waals surface area contributed by atoms with E-state index in [0.29, 0.717) is 0 Å². The molecule has 4 rings (SSSR count). The minimum atomic E-state index is 0.718. The molecule has 0 saturated heterocycles. The van der Waals surface area contributed by atoms with Gasteiger partial charge in [0.1, 0.15) is 11.8 Å². The van der Waals surface area contributed by atoms with Crippen molar-refractivity contribution in [1.82, 2.24) is 19.9 Å². The molecular weight excluding hydrogens is 226 g/mol. The lowest BCUT2D eigenvalue weighted by atomic mass is 10.1. The number of aromatic nitrogens is 4. The third-order valence-corrected chi connectivity index (χ3v) is 3.34. The van der Waals surface area contributed by atoms with Crippen molar-refractivity contribution in [3.63, 3.8) is 0 Å². The number of nitrogens with one attached hydrogen (secondary N) is 1. The van der Waals surface area contributed by atoms with E-state index in [1.54, 1.807) is 12.7 Å². The fraction of sp³-hybridized carbons (Fsp3) is 0.154. The Kier molecular flexibility index (Phi) is 1.88. The van der Waals surface area contributed by atoms with Crippen LogP contribution in [-0.2, 0) is 13.1 Å². The van der Waals surface area contributed by atoms with Crippen molar-refractivity contribution in [3.05, 3.63) is 48.0 Å². The molecule has 3 aromatic rings. The highest BCUT2D eigenvalue weighted by Crippen LogP contribution is 2.29. The summed E-state index contributed by atoms with van der Waals surface area (Å²) in [5.41, 5.74) is 4.36. The highest BCUT2D eigenvalue weighted by Gasteiger charge is 2.21. The van der Waals surface area contributed by atoms with Crippen LogP contribution in [0.25, 0.3) is 11.2 Å². The summed E-state index contributed by atoms with van der Waals surface area (Å²) in [5, 5.41) is 0. The second kappa shape index (κ2) is 3.53. The number of benzene rings is 1. The van der Waals surface area contributed by atoms with E-state index in [2.05, 4.69) is 49.1 Å². The molecule has 1 aliphatic heterocycles. The first-order valence-corrected chi connectivity index (χ1v) is 5.87. The average Bonchev–Trinajstić information content (AvgIpc) is 3.04. The summed E-state index contributed by atoms with van der Waals surface area (Å²) in [4.78, 5) is 18.1. The van der Waals surface area contributed by atoms with Gasteiger partial charge in [-0.15, -0.1) is 0 Å². The van der Waals surface area contributed by atoms with Crippen molar-refractivity contribution in [1.29, 1.82) is 0 Å². The second-order valence-corrected chi connectivity index (χ2v) is 4.42. The van der Waals surface area contributed by atoms with Crippen LogP contribution < -0.4 is 4.90 Å². The topological polar surface area (TPSA) is 57.7 Å². The van der Waals surface area contributed by atoms with Crippen LogP contribution in [-0.4, -0.2) is 19.9 Å². The van der Waals surface area contributed by atoms with Gasteiger partial charge in [0.2, 0.25) is 0 Å². The van der Waals surface area contributed by atoms with Crippen molar-refractivity contribution in [2.75, 3.05) is 4.90 Å². The maximum Gasteiger partial charge on any atom is 0.182 e. The molecule has 0 saturated carbocycles. The predicted octanol–water partition coefficient (Wildman–Crippen LogP) is 1.87. The quantitative estimate of drug-likeness (QED) is 0.702. The molecule has 5 nitrogen and oxygen atoms in total. The van der Waals surface area contributed by atoms with Crippen molar-refractivity contribution in [2.45, 2.75) is 13.1 Å². The van der Waals surface area contributed by atoms with Gasteiger partial charge in [-0.1, -0.05) is 24.3 Å². The average molecular weight is 237 g/mol. The van der Waals surface area contributed by atoms with Crippen LogP contribution in [0.3, 0.4) is 0 Å². The third-order valence-electron chi connectivity index (χ3n) is 3.34. The largest absolute Gasteiger partial charge is 0.346 e. The molecule has 0 aliphatic carbocycles. The Morgan fingerprint density at radius 2 is 1.78 bits per heavy atom. The van der Waals surface area contributed by atoms with Crippen LogP contribution in [0.5, 0.6) is 0 Å². The minimum absolute atomic E-state index is 0.718. The molecule has 18 heavy (non-hydrogen) atoms. The SMILES string of the molecule is c1ccc2c(c1)CN(c1ncnc3nc[nH]c13)C2. The first-order chi connectivity index (χ1) is 8.92. The molecule has 0 amide bonds. The number of fused-ring (bicyclic) bond motifs is 2. The molecule has 2 aromatic heterocycles. The summed E-state index contributed by atoms with van der Waals surface area (Å²) in [6, 6.07) is 8.49. The van der Waals surface area contributed by atoms with Crippen LogP contribution >= 0.6 is 0 Å². The molecule has 0 radical (unpaired) electrons. The monoisotopic (exact) mass is 237 g/mol. The smallest absolute Gasteiger partial charge is 0.182 e. The normalized spacial score (nSPS) is 14.1. The van der Waals surface area contributed by atoms with Gasteiger partial charge in [0, 0.05) is 13.1 Å². The molecule has 0 atom stereocenters. The highest BCUT2D eigenvalue weighted by molar-refractivity contribution is 5.83. The van der Waals surface area contributed by atoms with Gasteiger partial charge in [-0.25, -0.2) is 15.0 Å². The summed E-state index contributed by atoms with van der Waals surface area (Å²) in [5.74, 6) is 0.925. The van der Waals surface area contributed by atoms with Gasteiger partial charge in [0.25, 0.3) is 0 Å². The van der Waals surface area contributed by atoms with Gasteiger partial charge in [-0.05, 0) is 11.1 Å². The number of hydrogen-bond acceptors (Lipinski definition) is 4. The molecule has 1 aliphatic rings. The fourth-order valence-corrected chi connectivity index (χ4v) is 2.47. The lowest BCUT2D eigenvalue weighted by Gasteiger charge is -2.16. The minimum Gasteiger partial charge on any atom is -0.346 e. The van der Waals surface area contributed by atoms with E-state index >= 15 is 0 Å². The Labute approximate surface area is 104 Å². The Morgan fingerprint density at radius 3 is 2.56 bits per heavy atom. The van der Waals surface area contributed by atoms with E-state index in [4.69, 9.17) is 0 Å². The van der Waals surface area contributed by atoms with E-state index in [1.807, 2.05) is 0 Å². The van der Waals surface area contributed by atoms with Crippen LogP contribution in [0.4, 0.5) is 5.82 Å². The van der Waals surface area contributed by atoms with Crippen molar-refractivity contribution in [2.24, 2.45) is 0 Å². The van der Waals surface area contributed by atoms with Gasteiger partial charge in [0.15, 0.2) is 11.5 Å². The van der Waals surface area contributed by atoms with Crippen LogP contribution in [0, 0.1) is 0 Å². The van der Waals surface area contributed by atoms with E-state index in [1.165, 1.54) is 11.1 Å². The summed E-state index contributed by atoms with van der Waals surface area (Å²) in [6.07, 6.45) is 3.23. The first-order valence-electron chi connectivity index (χ1n) is 5.87. The summed E-state index contributed by atoms with van der Waals surface area (Å²) in [7, 11) is 0. The number of nitrogens with zero attached hydrogens (tertiary/aromatic N) is 4. The number of H-pyrrole nitrogens is 1. The summed E-state index contributed by atoms with van der Waals surface area (Å²) >= 11 is 0. The van der Waals surface area contributed by atoms with Crippen molar-refractivity contribution < 1.29 is 0 Å². The second-order valence-electron chi connectivity index (χ2n) is 4.42. The van der Waals surface area contributed by atoms with E-state index in [-0.39, 0.29) is 0 Å². The van der Waals surface area contributed by atoms with Gasteiger partial charge >= 0.3 is 0 Å². The number of imidazole rings is 1. The van der Waals surface area contributed by atoms with E-state index in [9.17, 15) is 0 Å². The predicted molar refractivity (Wildman–Crippen MR) is 68.0 cm³/mol. The van der Waals surface area contributed by atoms with Gasteiger partial charge in [-0.3, -0.25) is 0 Å². The zero-order valence-corrected chi connectivity index (χ0v) is 9.67. The first kappa shape index (κ1) is 9.58. The molecule has 1 N–H and O–H groups in total. The maximum atomic E-state index is 4.39. The molecule has 0 unspecified atom stereocenters. The summed E-state index contributed by atoms with van der Waals surface area (Å²) < 4.78 is 0. The lowest BCUT2D eigenvalue weighted by molar-refractivity contribution is 0.858. The molecule has 1 aromatic carbocycles. The van der Waals surface area contributed by atoms with Crippen molar-refractivity contribution in [3.8, 4) is 0 Å². The molecule has 3 heterocycles. The standard InChI is InChI=1S/C13H11N5/c1-2-4-10-6-18(5-9(10)3-1)13-11-12(15-7-14-11)16-8-17-13/h1-4,7-8H,5-6H2,(H,14,15,16,17). The lowest BCUT2D eigenvalue weighted by Crippen LogP contribution is -2.16. The van der Waals surface area contributed by atoms with Crippen LogP contribution in [0.15, 0.2) is 36.9 Å². The fourth-order valence-electron chi connectivity index (χ4n) is 2.47. The van der Waals surface area contributed by atoms with E-state index in [0.717, 1.165) is 30.1 Å². The molecule has 88 valence electrons. The Morgan fingerprint density at radius 1 is 1.00 bits per heavy atom. The Balaban J connectivity index is 1.80. The third kappa shape index (κ3) is 1.30. The Hall–Kier alpha value is -2.43. The van der Waals surface area contributed by atoms with Crippen molar-refractivity contribution >= 4 is 17.0 Å². The van der Waals surface area contributed by atoms with Crippen LogP contribution in [0.2, 0.25) is 0 Å². The number of aromatic amines is 1. The highest BCUT2D eigenvalue weighted by atomic mass is 15.2. The zero-order chi connectivity index (χ0) is 11.9. The van der Waals surface area contributed by atoms with Crippen LogP contribution in [0.1, 0.15) is 11.1 Å². The molecule has 0 spiro atoms. The molecule has 0 fully saturated rings. The zero-order valence-electron chi connectivity index (χ0n) is 9.67. The molecule has 0 bridgehead atoms.